The van der Waals surface area contributed by atoms with E-state index in [1.54, 1.807) is 11.1 Å². The number of ketones is 1. The van der Waals surface area contributed by atoms with E-state index in [0.29, 0.717) is 12.0 Å². The van der Waals surface area contributed by atoms with E-state index in [9.17, 15) is 9.59 Å². The molecule has 0 saturated heterocycles. The largest absolute Gasteiger partial charge is 0.466 e. The fraction of sp³-hybridized carbons (Fsp3) is 0.500. The summed E-state index contributed by atoms with van der Waals surface area (Å²) >= 11 is 0. The van der Waals surface area contributed by atoms with Gasteiger partial charge in [-0.05, 0) is 12.8 Å². The predicted molar refractivity (Wildman–Crippen MR) is 58.5 cm³/mol. The third-order valence-electron chi connectivity index (χ3n) is 3.20. The van der Waals surface area contributed by atoms with E-state index in [4.69, 9.17) is 4.74 Å². The summed E-state index contributed by atoms with van der Waals surface area (Å²) in [6.07, 6.45) is 7.04. The van der Waals surface area contributed by atoms with E-state index in [1.165, 1.54) is 7.11 Å². The number of carbonyl (C=O) groups excluding carboxylic acids is 2. The molecule has 86 valence electrons. The van der Waals surface area contributed by atoms with Crippen LogP contribution in [0.25, 0.3) is 0 Å². The summed E-state index contributed by atoms with van der Waals surface area (Å²) in [4.78, 5) is 25.5. The highest BCUT2D eigenvalue weighted by Crippen LogP contribution is 2.30. The Morgan fingerprint density at radius 2 is 2.12 bits per heavy atom. The number of nitrogens with zero attached hydrogens (tertiary/aromatic N) is 1. The van der Waals surface area contributed by atoms with Crippen molar-refractivity contribution in [1.82, 2.24) is 4.90 Å². The van der Waals surface area contributed by atoms with Crippen molar-refractivity contribution in [3.8, 4) is 0 Å². The molecule has 0 radical (unpaired) electrons. The molecule has 0 spiro atoms. The van der Waals surface area contributed by atoms with Crippen molar-refractivity contribution in [1.29, 1.82) is 0 Å². The molecule has 0 aromatic rings. The Morgan fingerprint density at radius 3 is 2.81 bits per heavy atom. The Balaban J connectivity index is 2.39. The van der Waals surface area contributed by atoms with Crippen molar-refractivity contribution in [2.45, 2.75) is 18.9 Å². The van der Waals surface area contributed by atoms with Gasteiger partial charge < -0.3 is 9.64 Å². The van der Waals surface area contributed by atoms with Crippen molar-refractivity contribution >= 4 is 11.8 Å². The highest BCUT2D eigenvalue weighted by molar-refractivity contribution is 6.01. The standard InChI is InChI=1S/C12H15NO3/c1-13-7-9(12(15)16-2)8-5-3-4-6-10(13)11(8)14/h3-4,7-8,10H,5-6H2,1-2H3. The minimum atomic E-state index is -0.404. The number of methoxy groups -OCH3 is 1. The third kappa shape index (κ3) is 1.64. The Morgan fingerprint density at radius 1 is 1.44 bits per heavy atom. The topological polar surface area (TPSA) is 46.6 Å². The second-order valence-corrected chi connectivity index (χ2v) is 4.16. The number of allylic oxidation sites excluding steroid dienone is 1. The van der Waals surface area contributed by atoms with Crippen LogP contribution in [0, 0.1) is 5.92 Å². The van der Waals surface area contributed by atoms with Crippen LogP contribution in [0.1, 0.15) is 12.8 Å². The molecule has 0 amide bonds. The molecule has 4 nitrogen and oxygen atoms in total. The Bertz CT molecular complexity index is 384. The van der Waals surface area contributed by atoms with Gasteiger partial charge in [0.25, 0.3) is 0 Å². The minimum absolute atomic E-state index is 0.121. The SMILES string of the molecule is COC(=O)C1=CN(C)C2CC=CCC1C2=O. The second kappa shape index (κ2) is 4.12. The summed E-state index contributed by atoms with van der Waals surface area (Å²) < 4.78 is 4.71. The van der Waals surface area contributed by atoms with Crippen LogP contribution < -0.4 is 0 Å². The number of ether oxygens (including phenoxy) is 1. The van der Waals surface area contributed by atoms with Gasteiger partial charge in [0.05, 0.1) is 24.6 Å². The molecule has 16 heavy (non-hydrogen) atoms. The summed E-state index contributed by atoms with van der Waals surface area (Å²) in [5.41, 5.74) is 0.470. The van der Waals surface area contributed by atoms with E-state index in [2.05, 4.69) is 0 Å². The maximum absolute atomic E-state index is 12.1. The van der Waals surface area contributed by atoms with Gasteiger partial charge in [-0.1, -0.05) is 12.2 Å². The van der Waals surface area contributed by atoms with Gasteiger partial charge in [0.2, 0.25) is 0 Å². The monoisotopic (exact) mass is 221 g/mol. The number of hydrogen-bond donors (Lipinski definition) is 0. The summed E-state index contributed by atoms with van der Waals surface area (Å²) in [6.45, 7) is 0. The first kappa shape index (κ1) is 10.9. The molecule has 1 aliphatic heterocycles. The van der Waals surface area contributed by atoms with Gasteiger partial charge >= 0.3 is 5.97 Å². The fourth-order valence-corrected chi connectivity index (χ4v) is 2.28. The molecule has 2 bridgehead atoms. The molecule has 0 saturated carbocycles. The summed E-state index contributed by atoms with van der Waals surface area (Å²) in [5, 5.41) is 0. The average molecular weight is 221 g/mol. The number of rotatable bonds is 1. The first-order valence-corrected chi connectivity index (χ1v) is 5.36. The molecule has 0 fully saturated rings. The van der Waals surface area contributed by atoms with E-state index in [1.807, 2.05) is 19.2 Å². The smallest absolute Gasteiger partial charge is 0.335 e. The number of hydrogen-bond acceptors (Lipinski definition) is 4. The number of likely N-dealkylation sites (N-methyl/N-ethyl adjacent to an activating group) is 1. The molecule has 1 aliphatic carbocycles. The molecule has 1 heterocycles. The molecule has 2 atom stereocenters. The number of carbonyl (C=O) groups is 2. The molecular formula is C12H15NO3. The normalized spacial score (nSPS) is 28.5. The molecule has 4 heteroatoms. The average Bonchev–Trinajstić information content (AvgIpc) is 2.41. The maximum Gasteiger partial charge on any atom is 0.335 e. The van der Waals surface area contributed by atoms with E-state index < -0.39 is 5.97 Å². The van der Waals surface area contributed by atoms with Crippen LogP contribution in [0.15, 0.2) is 23.9 Å². The summed E-state index contributed by atoms with van der Waals surface area (Å²) in [5.74, 6) is -0.609. The van der Waals surface area contributed by atoms with Gasteiger partial charge in [-0.25, -0.2) is 4.79 Å². The van der Waals surface area contributed by atoms with Crippen LogP contribution in [-0.2, 0) is 14.3 Å². The lowest BCUT2D eigenvalue weighted by Gasteiger charge is -2.33. The number of fused-ring (bicyclic) bond motifs is 2. The van der Waals surface area contributed by atoms with Crippen LogP contribution in [0.2, 0.25) is 0 Å². The lowest BCUT2D eigenvalue weighted by Crippen LogP contribution is -2.44. The molecule has 2 unspecified atom stereocenters. The van der Waals surface area contributed by atoms with Crippen molar-refractivity contribution < 1.29 is 14.3 Å². The van der Waals surface area contributed by atoms with E-state index >= 15 is 0 Å². The second-order valence-electron chi connectivity index (χ2n) is 4.16. The zero-order valence-corrected chi connectivity index (χ0v) is 9.47. The Kier molecular flexibility index (Phi) is 2.81. The van der Waals surface area contributed by atoms with Crippen LogP contribution in [-0.4, -0.2) is 36.9 Å². The first-order chi connectivity index (χ1) is 7.65. The summed E-state index contributed by atoms with van der Waals surface area (Å²) in [7, 11) is 3.16. The van der Waals surface area contributed by atoms with Crippen molar-refractivity contribution in [3.05, 3.63) is 23.9 Å². The zero-order valence-electron chi connectivity index (χ0n) is 9.47. The Hall–Kier alpha value is -1.58. The summed E-state index contributed by atoms with van der Waals surface area (Å²) in [6, 6.07) is -0.128. The quantitative estimate of drug-likeness (QED) is 0.487. The Labute approximate surface area is 94.6 Å². The fourth-order valence-electron chi connectivity index (χ4n) is 2.28. The van der Waals surface area contributed by atoms with Crippen LogP contribution in [0.5, 0.6) is 0 Å². The predicted octanol–water partition coefficient (Wildman–Crippen LogP) is 0.893. The van der Waals surface area contributed by atoms with Gasteiger partial charge in [0.15, 0.2) is 5.78 Å². The highest BCUT2D eigenvalue weighted by Gasteiger charge is 2.38. The van der Waals surface area contributed by atoms with Gasteiger partial charge in [0.1, 0.15) is 0 Å². The molecular weight excluding hydrogens is 206 g/mol. The van der Waals surface area contributed by atoms with E-state index in [-0.39, 0.29) is 17.7 Å². The van der Waals surface area contributed by atoms with Crippen LogP contribution in [0.3, 0.4) is 0 Å². The molecule has 0 aromatic carbocycles. The highest BCUT2D eigenvalue weighted by atomic mass is 16.5. The molecule has 2 aliphatic rings. The van der Waals surface area contributed by atoms with Gasteiger partial charge in [-0.3, -0.25) is 4.79 Å². The van der Waals surface area contributed by atoms with Crippen molar-refractivity contribution in [3.63, 3.8) is 0 Å². The lowest BCUT2D eigenvalue weighted by atomic mass is 9.85. The van der Waals surface area contributed by atoms with Crippen molar-refractivity contribution in [2.24, 2.45) is 5.92 Å². The first-order valence-electron chi connectivity index (χ1n) is 5.36. The van der Waals surface area contributed by atoms with E-state index in [0.717, 1.165) is 6.42 Å². The zero-order chi connectivity index (χ0) is 11.7. The lowest BCUT2D eigenvalue weighted by molar-refractivity contribution is -0.139. The van der Waals surface area contributed by atoms with Gasteiger partial charge in [0, 0.05) is 13.2 Å². The van der Waals surface area contributed by atoms with Crippen LogP contribution in [0.4, 0.5) is 0 Å². The van der Waals surface area contributed by atoms with Gasteiger partial charge in [-0.2, -0.15) is 0 Å². The molecule has 0 N–H and O–H groups in total. The maximum atomic E-state index is 12.1. The minimum Gasteiger partial charge on any atom is -0.466 e. The van der Waals surface area contributed by atoms with Gasteiger partial charge in [-0.15, -0.1) is 0 Å². The molecule has 2 rings (SSSR count). The van der Waals surface area contributed by atoms with Crippen molar-refractivity contribution in [2.75, 3.05) is 14.2 Å². The number of esters is 1. The van der Waals surface area contributed by atoms with Crippen LogP contribution >= 0.6 is 0 Å². The number of Topliss-reactive ketones (excluding diaryl/α,β-unsaturated/α-hetero) is 1. The molecule has 0 aromatic heterocycles. The third-order valence-corrected chi connectivity index (χ3v) is 3.20.